The topological polar surface area (TPSA) is 26.3 Å². The molecule has 1 rings (SSSR count). The van der Waals surface area contributed by atoms with Gasteiger partial charge in [0.1, 0.15) is 6.61 Å². The van der Waals surface area contributed by atoms with Gasteiger partial charge in [0, 0.05) is 10.6 Å². The first-order valence-electron chi connectivity index (χ1n) is 3.77. The minimum atomic E-state index is 0.425. The van der Waals surface area contributed by atoms with Gasteiger partial charge in [0.2, 0.25) is 0 Å². The third kappa shape index (κ3) is 4.85. The summed E-state index contributed by atoms with van der Waals surface area (Å²) in [5.74, 6) is 0.787. The van der Waals surface area contributed by atoms with Gasteiger partial charge in [-0.2, -0.15) is 0 Å². The van der Waals surface area contributed by atoms with Gasteiger partial charge in [0.15, 0.2) is 0 Å². The Morgan fingerprint density at radius 3 is 2.77 bits per heavy atom. The van der Waals surface area contributed by atoms with Crippen LogP contribution in [0.2, 0.25) is 0 Å². The van der Waals surface area contributed by atoms with Crippen LogP contribution in [0.1, 0.15) is 0 Å². The lowest BCUT2D eigenvalue weighted by Gasteiger charge is -1.98. The zero-order valence-electron chi connectivity index (χ0n) is 6.93. The van der Waals surface area contributed by atoms with E-state index in [1.165, 1.54) is 11.4 Å². The minimum Gasteiger partial charge on any atom is -0.456 e. The largest absolute Gasteiger partial charge is 0.456 e. The van der Waals surface area contributed by atoms with Gasteiger partial charge in [-0.3, -0.25) is 0 Å². The Kier molecular flexibility index (Phi) is 5.52. The summed E-state index contributed by atoms with van der Waals surface area (Å²) in [5.41, 5.74) is 0. The Labute approximate surface area is 85.4 Å². The Hall–Kier alpha value is -0.610. The smallest absolute Gasteiger partial charge is 0.417 e. The number of benzene rings is 1. The second-order valence-corrected chi connectivity index (χ2v) is 4.64. The van der Waals surface area contributed by atoms with Gasteiger partial charge in [0.25, 0.3) is 0 Å². The zero-order valence-corrected chi connectivity index (χ0v) is 8.57. The minimum absolute atomic E-state index is 0.425. The van der Waals surface area contributed by atoms with Crippen molar-refractivity contribution < 1.29 is 9.53 Å². The van der Waals surface area contributed by atoms with Gasteiger partial charge in [-0.25, -0.2) is 4.79 Å². The molecule has 0 saturated carbocycles. The predicted octanol–water partition coefficient (Wildman–Crippen LogP) is 2.51. The van der Waals surface area contributed by atoms with Crippen molar-refractivity contribution in [3.8, 4) is 0 Å². The van der Waals surface area contributed by atoms with Crippen LogP contribution < -0.4 is 0 Å². The van der Waals surface area contributed by atoms with E-state index in [9.17, 15) is 4.79 Å². The van der Waals surface area contributed by atoms with Crippen LogP contribution in [0.5, 0.6) is 0 Å². The molecule has 0 aliphatic carbocycles. The van der Waals surface area contributed by atoms with E-state index >= 15 is 0 Å². The summed E-state index contributed by atoms with van der Waals surface area (Å²) in [7, 11) is 3.34. The second kappa shape index (κ2) is 6.86. The monoisotopic (exact) mass is 213 g/mol. The lowest BCUT2D eigenvalue weighted by atomic mass is 10.4. The zero-order chi connectivity index (χ0) is 9.36. The summed E-state index contributed by atoms with van der Waals surface area (Å²) in [6.45, 7) is 1.82. The first kappa shape index (κ1) is 10.5. The molecule has 0 spiro atoms. The normalized spacial score (nSPS) is 9.54. The highest BCUT2D eigenvalue weighted by molar-refractivity contribution is 8.76. The molecule has 0 saturated heterocycles. The lowest BCUT2D eigenvalue weighted by molar-refractivity contribution is 0.299. The molecular formula is C9H9O2S2. The highest BCUT2D eigenvalue weighted by Crippen LogP contribution is 2.29. The molecule has 0 aliphatic rings. The third-order valence-electron chi connectivity index (χ3n) is 1.23. The van der Waals surface area contributed by atoms with E-state index in [4.69, 9.17) is 0 Å². The van der Waals surface area contributed by atoms with Gasteiger partial charge >= 0.3 is 6.47 Å². The van der Waals surface area contributed by atoms with Crippen LogP contribution in [0, 0.1) is 0 Å². The summed E-state index contributed by atoms with van der Waals surface area (Å²) in [4.78, 5) is 10.9. The van der Waals surface area contributed by atoms with Crippen molar-refractivity contribution in [1.29, 1.82) is 0 Å². The quantitative estimate of drug-likeness (QED) is 0.536. The molecule has 0 fully saturated rings. The Morgan fingerprint density at radius 2 is 2.08 bits per heavy atom. The summed E-state index contributed by atoms with van der Waals surface area (Å²) in [6.07, 6.45) is 0. The lowest BCUT2D eigenvalue weighted by Crippen LogP contribution is -1.92. The van der Waals surface area contributed by atoms with E-state index in [2.05, 4.69) is 4.74 Å². The van der Waals surface area contributed by atoms with Crippen LogP contribution in [0.3, 0.4) is 0 Å². The van der Waals surface area contributed by atoms with Crippen LogP contribution in [0.4, 0.5) is 0 Å². The van der Waals surface area contributed by atoms with Crippen molar-refractivity contribution in [2.75, 3.05) is 12.4 Å². The highest BCUT2D eigenvalue weighted by atomic mass is 33.1. The Morgan fingerprint density at radius 1 is 1.31 bits per heavy atom. The molecule has 4 heteroatoms. The number of hydrogen-bond acceptors (Lipinski definition) is 4. The predicted molar refractivity (Wildman–Crippen MR) is 56.4 cm³/mol. The number of hydrogen-bond donors (Lipinski definition) is 0. The van der Waals surface area contributed by atoms with Gasteiger partial charge in [-0.1, -0.05) is 39.8 Å². The average Bonchev–Trinajstić information content (AvgIpc) is 2.19. The van der Waals surface area contributed by atoms with E-state index in [1.54, 1.807) is 21.6 Å². The summed E-state index contributed by atoms with van der Waals surface area (Å²) in [5, 5.41) is 0. The van der Waals surface area contributed by atoms with E-state index in [-0.39, 0.29) is 0 Å². The van der Waals surface area contributed by atoms with Crippen molar-refractivity contribution in [3.05, 3.63) is 30.3 Å². The Bertz CT molecular complexity index is 239. The molecule has 1 aromatic carbocycles. The average molecular weight is 213 g/mol. The first-order valence-corrected chi connectivity index (χ1v) is 6.09. The van der Waals surface area contributed by atoms with Crippen LogP contribution in [0.15, 0.2) is 35.2 Å². The summed E-state index contributed by atoms with van der Waals surface area (Å²) < 4.78 is 4.43. The molecule has 0 amide bonds. The molecule has 13 heavy (non-hydrogen) atoms. The molecule has 0 unspecified atom stereocenters. The molecule has 1 aromatic rings. The standard InChI is InChI=1S/C9H9O2S2/c10-8-11-6-7-12-13-9-4-2-1-3-5-9/h1-5H,6-7H2. The van der Waals surface area contributed by atoms with Crippen LogP contribution >= 0.6 is 21.6 Å². The van der Waals surface area contributed by atoms with E-state index in [1.807, 2.05) is 30.3 Å². The molecule has 2 nitrogen and oxygen atoms in total. The van der Waals surface area contributed by atoms with Gasteiger partial charge in [0.05, 0.1) is 0 Å². The maximum Gasteiger partial charge on any atom is 0.417 e. The Balaban J connectivity index is 2.10. The summed E-state index contributed by atoms with van der Waals surface area (Å²) >= 11 is 0. The van der Waals surface area contributed by atoms with Crippen LogP contribution in [-0.4, -0.2) is 18.8 Å². The van der Waals surface area contributed by atoms with E-state index < -0.39 is 0 Å². The molecule has 0 aromatic heterocycles. The molecule has 0 aliphatic heterocycles. The van der Waals surface area contributed by atoms with Crippen molar-refractivity contribution in [1.82, 2.24) is 0 Å². The number of carbonyl (C=O) groups excluding carboxylic acids is 1. The van der Waals surface area contributed by atoms with Gasteiger partial charge in [-0.05, 0) is 12.1 Å². The van der Waals surface area contributed by atoms with Crippen molar-refractivity contribution >= 4 is 28.1 Å². The van der Waals surface area contributed by atoms with Crippen LogP contribution in [-0.2, 0) is 9.53 Å². The fourth-order valence-corrected chi connectivity index (χ4v) is 2.54. The van der Waals surface area contributed by atoms with E-state index in [0.29, 0.717) is 6.61 Å². The summed E-state index contributed by atoms with van der Waals surface area (Å²) in [6, 6.07) is 10.1. The highest BCUT2D eigenvalue weighted by Gasteiger charge is 1.93. The molecular weight excluding hydrogens is 204 g/mol. The maximum atomic E-state index is 9.67. The van der Waals surface area contributed by atoms with Crippen LogP contribution in [0.25, 0.3) is 0 Å². The molecule has 0 heterocycles. The number of ether oxygens (including phenoxy) is 1. The van der Waals surface area contributed by atoms with Crippen molar-refractivity contribution in [2.24, 2.45) is 0 Å². The molecule has 0 bridgehead atoms. The first-order chi connectivity index (χ1) is 6.43. The van der Waals surface area contributed by atoms with Crippen molar-refractivity contribution in [2.45, 2.75) is 4.90 Å². The van der Waals surface area contributed by atoms with E-state index in [0.717, 1.165) is 5.75 Å². The molecule has 0 atom stereocenters. The van der Waals surface area contributed by atoms with Gasteiger partial charge in [-0.15, -0.1) is 0 Å². The molecule has 0 N–H and O–H groups in total. The second-order valence-electron chi connectivity index (χ2n) is 2.15. The molecule has 69 valence electrons. The molecule has 1 radical (unpaired) electrons. The SMILES string of the molecule is O=[C]OCCSSc1ccccc1. The number of rotatable bonds is 6. The maximum absolute atomic E-state index is 9.67. The van der Waals surface area contributed by atoms with Crippen molar-refractivity contribution in [3.63, 3.8) is 0 Å². The third-order valence-corrected chi connectivity index (χ3v) is 3.57. The fraction of sp³-hybridized carbons (Fsp3) is 0.222. The van der Waals surface area contributed by atoms with Gasteiger partial charge < -0.3 is 4.74 Å². The fourth-order valence-electron chi connectivity index (χ4n) is 0.703.